The molecule has 152 valence electrons. The molecule has 0 saturated heterocycles. The summed E-state index contributed by atoms with van der Waals surface area (Å²) in [5.41, 5.74) is 1.68. The molecule has 1 heterocycles. The lowest BCUT2D eigenvalue weighted by atomic mass is 10.1. The van der Waals surface area contributed by atoms with Crippen LogP contribution in [0.4, 0.5) is 4.39 Å². The van der Waals surface area contributed by atoms with E-state index in [1.165, 1.54) is 39.7 Å². The van der Waals surface area contributed by atoms with E-state index < -0.39 is 0 Å². The van der Waals surface area contributed by atoms with Gasteiger partial charge in [-0.3, -0.25) is 4.79 Å². The second-order valence-electron chi connectivity index (χ2n) is 6.06. The van der Waals surface area contributed by atoms with Crippen molar-refractivity contribution in [1.29, 1.82) is 0 Å². The molecule has 0 atom stereocenters. The number of nitrogens with one attached hydrogen (secondary N) is 1. The maximum Gasteiger partial charge on any atom is 0.255 e. The van der Waals surface area contributed by atoms with Crippen molar-refractivity contribution < 1.29 is 27.8 Å². The van der Waals surface area contributed by atoms with Gasteiger partial charge in [0.25, 0.3) is 5.91 Å². The van der Waals surface area contributed by atoms with Crippen molar-refractivity contribution in [3.63, 3.8) is 0 Å². The number of carbonyl (C=O) groups is 1. The van der Waals surface area contributed by atoms with Crippen LogP contribution in [-0.4, -0.2) is 38.8 Å². The number of methoxy groups -OCH3 is 3. The van der Waals surface area contributed by atoms with E-state index in [9.17, 15) is 9.18 Å². The van der Waals surface area contributed by atoms with E-state index in [4.69, 9.17) is 18.6 Å². The summed E-state index contributed by atoms with van der Waals surface area (Å²) < 4.78 is 34.2. The topological polar surface area (TPSA) is 82.8 Å². The minimum atomic E-state index is -0.325. The van der Waals surface area contributed by atoms with Crippen LogP contribution >= 0.6 is 0 Å². The van der Waals surface area contributed by atoms with E-state index in [0.717, 1.165) is 0 Å². The van der Waals surface area contributed by atoms with Crippen molar-refractivity contribution in [3.8, 4) is 28.7 Å². The predicted molar refractivity (Wildman–Crippen MR) is 104 cm³/mol. The number of ether oxygens (including phenoxy) is 3. The number of halogens is 1. The highest BCUT2D eigenvalue weighted by molar-refractivity contribution is 5.97. The molecule has 0 unspecified atom stereocenters. The van der Waals surface area contributed by atoms with Gasteiger partial charge in [0.1, 0.15) is 17.8 Å². The lowest BCUT2D eigenvalue weighted by Gasteiger charge is -2.13. The molecule has 0 bridgehead atoms. The molecular formula is C21H21FN2O5. The van der Waals surface area contributed by atoms with Crippen molar-refractivity contribution in [2.45, 2.75) is 6.42 Å². The molecule has 0 aliphatic heterocycles. The average Bonchev–Trinajstić information content (AvgIpc) is 3.21. The molecule has 3 rings (SSSR count). The first-order valence-corrected chi connectivity index (χ1v) is 8.84. The van der Waals surface area contributed by atoms with Crippen LogP contribution in [0.1, 0.15) is 16.1 Å². The zero-order chi connectivity index (χ0) is 20.8. The van der Waals surface area contributed by atoms with Gasteiger partial charge in [-0.2, -0.15) is 0 Å². The molecule has 8 heteroatoms. The lowest BCUT2D eigenvalue weighted by molar-refractivity contribution is 0.0950. The van der Waals surface area contributed by atoms with Gasteiger partial charge in [0.15, 0.2) is 11.5 Å². The van der Waals surface area contributed by atoms with Crippen molar-refractivity contribution in [3.05, 3.63) is 59.7 Å². The van der Waals surface area contributed by atoms with Gasteiger partial charge in [0.2, 0.25) is 5.89 Å². The fourth-order valence-electron chi connectivity index (χ4n) is 2.75. The van der Waals surface area contributed by atoms with Gasteiger partial charge in [-0.05, 0) is 24.3 Å². The second-order valence-corrected chi connectivity index (χ2v) is 6.06. The normalized spacial score (nSPS) is 10.5. The maximum absolute atomic E-state index is 13.0. The Labute approximate surface area is 167 Å². The minimum absolute atomic E-state index is 0.315. The first-order valence-electron chi connectivity index (χ1n) is 8.84. The van der Waals surface area contributed by atoms with E-state index in [1.807, 2.05) is 0 Å². The van der Waals surface area contributed by atoms with Gasteiger partial charge >= 0.3 is 0 Å². The molecule has 0 aliphatic carbocycles. The summed E-state index contributed by atoms with van der Waals surface area (Å²) in [6, 6.07) is 9.04. The fraction of sp³-hybridized carbons (Fsp3) is 0.238. The first kappa shape index (κ1) is 20.2. The van der Waals surface area contributed by atoms with Gasteiger partial charge in [0, 0.05) is 30.7 Å². The maximum atomic E-state index is 13.0. The van der Waals surface area contributed by atoms with Crippen molar-refractivity contribution in [2.24, 2.45) is 0 Å². The average molecular weight is 400 g/mol. The van der Waals surface area contributed by atoms with Crippen LogP contribution in [0.2, 0.25) is 0 Å². The molecule has 1 aromatic heterocycles. The monoisotopic (exact) mass is 400 g/mol. The minimum Gasteiger partial charge on any atom is -0.496 e. The Balaban J connectivity index is 1.64. The number of rotatable bonds is 8. The third-order valence-corrected chi connectivity index (χ3v) is 4.26. The number of aromatic nitrogens is 1. The third kappa shape index (κ3) is 4.66. The van der Waals surface area contributed by atoms with Crippen molar-refractivity contribution >= 4 is 5.91 Å². The summed E-state index contributed by atoms with van der Waals surface area (Å²) in [6.07, 6.45) is 1.98. The van der Waals surface area contributed by atoms with E-state index in [1.54, 1.807) is 24.3 Å². The molecule has 29 heavy (non-hydrogen) atoms. The number of nitrogens with zero attached hydrogens (tertiary/aromatic N) is 1. The second kappa shape index (κ2) is 9.09. The smallest absolute Gasteiger partial charge is 0.255 e. The molecule has 2 aromatic carbocycles. The van der Waals surface area contributed by atoms with E-state index >= 15 is 0 Å². The Morgan fingerprint density at radius 2 is 1.69 bits per heavy atom. The van der Waals surface area contributed by atoms with Gasteiger partial charge < -0.3 is 23.9 Å². The Hall–Kier alpha value is -3.55. The van der Waals surface area contributed by atoms with Gasteiger partial charge in [-0.25, -0.2) is 9.37 Å². The zero-order valence-electron chi connectivity index (χ0n) is 16.3. The molecule has 0 radical (unpaired) electrons. The van der Waals surface area contributed by atoms with Gasteiger partial charge in [-0.1, -0.05) is 0 Å². The van der Waals surface area contributed by atoms with Gasteiger partial charge in [0.05, 0.1) is 32.6 Å². The largest absolute Gasteiger partial charge is 0.496 e. The Morgan fingerprint density at radius 3 is 2.34 bits per heavy atom. The van der Waals surface area contributed by atoms with Crippen LogP contribution in [-0.2, 0) is 6.42 Å². The zero-order valence-corrected chi connectivity index (χ0v) is 16.3. The van der Waals surface area contributed by atoms with Crippen LogP contribution < -0.4 is 19.5 Å². The number of hydrogen-bond acceptors (Lipinski definition) is 6. The highest BCUT2D eigenvalue weighted by Crippen LogP contribution is 2.34. The quantitative estimate of drug-likeness (QED) is 0.623. The fourth-order valence-corrected chi connectivity index (χ4v) is 2.75. The number of hydrogen-bond donors (Lipinski definition) is 1. The summed E-state index contributed by atoms with van der Waals surface area (Å²) >= 11 is 0. The summed E-state index contributed by atoms with van der Waals surface area (Å²) in [6.45, 7) is 0.339. The molecule has 1 N–H and O–H groups in total. The van der Waals surface area contributed by atoms with Crippen LogP contribution in [0, 0.1) is 5.82 Å². The number of benzene rings is 2. The lowest BCUT2D eigenvalue weighted by Crippen LogP contribution is -2.26. The number of oxazole rings is 1. The van der Waals surface area contributed by atoms with Crippen molar-refractivity contribution in [1.82, 2.24) is 10.3 Å². The van der Waals surface area contributed by atoms with E-state index in [-0.39, 0.29) is 11.7 Å². The van der Waals surface area contributed by atoms with Gasteiger partial charge in [-0.15, -0.1) is 0 Å². The Morgan fingerprint density at radius 1 is 1.03 bits per heavy atom. The van der Waals surface area contributed by atoms with E-state index in [0.29, 0.717) is 52.9 Å². The van der Waals surface area contributed by atoms with Crippen LogP contribution in [0.25, 0.3) is 11.5 Å². The molecule has 0 fully saturated rings. The first-order chi connectivity index (χ1) is 14.0. The summed E-state index contributed by atoms with van der Waals surface area (Å²) in [7, 11) is 4.48. The molecule has 7 nitrogen and oxygen atoms in total. The number of carbonyl (C=O) groups excluding carboxylic acids is 1. The summed E-state index contributed by atoms with van der Waals surface area (Å²) in [5.74, 6) is 1.03. The van der Waals surface area contributed by atoms with Crippen LogP contribution in [0.3, 0.4) is 0 Å². The molecule has 0 saturated carbocycles. The highest BCUT2D eigenvalue weighted by Gasteiger charge is 2.17. The molecule has 3 aromatic rings. The molecule has 1 amide bonds. The Kier molecular flexibility index (Phi) is 6.33. The standard InChI is InChI=1S/C21H21FN2O5/c1-26-17-11-19(28-3)18(27-2)10-16(17)20(25)23-9-8-15-12-29-21(24-15)13-4-6-14(22)7-5-13/h4-7,10-12H,8-9H2,1-3H3,(H,23,25). The SMILES string of the molecule is COc1cc(OC)c(C(=O)NCCc2coc(-c3ccc(F)cc3)n2)cc1OC. The van der Waals surface area contributed by atoms with Crippen LogP contribution in [0.5, 0.6) is 17.2 Å². The van der Waals surface area contributed by atoms with Crippen LogP contribution in [0.15, 0.2) is 47.1 Å². The molecular weight excluding hydrogens is 379 g/mol. The highest BCUT2D eigenvalue weighted by atomic mass is 19.1. The Bertz CT molecular complexity index is 985. The summed E-state index contributed by atoms with van der Waals surface area (Å²) in [5, 5.41) is 2.82. The summed E-state index contributed by atoms with van der Waals surface area (Å²) in [4.78, 5) is 16.9. The van der Waals surface area contributed by atoms with E-state index in [2.05, 4.69) is 10.3 Å². The molecule has 0 spiro atoms. The molecule has 0 aliphatic rings. The predicted octanol–water partition coefficient (Wildman–Crippen LogP) is 3.48. The van der Waals surface area contributed by atoms with Crippen molar-refractivity contribution in [2.75, 3.05) is 27.9 Å². The third-order valence-electron chi connectivity index (χ3n) is 4.26. The number of amides is 1.